The predicted octanol–water partition coefficient (Wildman–Crippen LogP) is 2.10. The van der Waals surface area contributed by atoms with E-state index < -0.39 is 0 Å². The molecule has 0 heterocycles. The zero-order valence-electron chi connectivity index (χ0n) is 10.2. The average molecular weight is 198 g/mol. The highest BCUT2D eigenvalue weighted by molar-refractivity contribution is 4.78. The number of rotatable bonds is 7. The van der Waals surface area contributed by atoms with Crippen LogP contribution in [-0.2, 0) is 0 Å². The number of hydrogen-bond acceptors (Lipinski definition) is 2. The lowest BCUT2D eigenvalue weighted by atomic mass is 10.2. The summed E-state index contributed by atoms with van der Waals surface area (Å²) < 4.78 is 0. The van der Waals surface area contributed by atoms with E-state index in [1.165, 1.54) is 25.8 Å². The van der Waals surface area contributed by atoms with Gasteiger partial charge in [0.2, 0.25) is 0 Å². The predicted molar refractivity (Wildman–Crippen MR) is 62.6 cm³/mol. The molecule has 1 unspecified atom stereocenters. The lowest BCUT2D eigenvalue weighted by Gasteiger charge is -2.25. The van der Waals surface area contributed by atoms with Crippen molar-refractivity contribution < 1.29 is 0 Å². The Morgan fingerprint density at radius 2 is 1.93 bits per heavy atom. The van der Waals surface area contributed by atoms with Crippen molar-refractivity contribution in [1.82, 2.24) is 10.2 Å². The Bertz CT molecular complexity index is 152. The van der Waals surface area contributed by atoms with Gasteiger partial charge in [-0.15, -0.1) is 0 Å². The van der Waals surface area contributed by atoms with E-state index in [1.54, 1.807) is 0 Å². The van der Waals surface area contributed by atoms with Crippen LogP contribution in [0.5, 0.6) is 0 Å². The van der Waals surface area contributed by atoms with E-state index >= 15 is 0 Å². The minimum atomic E-state index is 0.621. The highest BCUT2D eigenvalue weighted by atomic mass is 15.1. The summed E-state index contributed by atoms with van der Waals surface area (Å²) in [6.45, 7) is 9.21. The van der Waals surface area contributed by atoms with Crippen molar-refractivity contribution >= 4 is 0 Å². The summed E-state index contributed by atoms with van der Waals surface area (Å²) in [5.74, 6) is 1.01. The van der Waals surface area contributed by atoms with Gasteiger partial charge in [-0.1, -0.05) is 13.8 Å². The van der Waals surface area contributed by atoms with Crippen LogP contribution in [0.15, 0.2) is 0 Å². The Morgan fingerprint density at radius 3 is 2.43 bits per heavy atom. The van der Waals surface area contributed by atoms with Crippen molar-refractivity contribution in [2.45, 2.75) is 52.1 Å². The average Bonchev–Trinajstić information content (AvgIpc) is 2.87. The van der Waals surface area contributed by atoms with Crippen LogP contribution in [0.2, 0.25) is 0 Å². The molecule has 1 fully saturated rings. The SMILES string of the molecule is CC(C)NCCC(C)N(C)CC1CC1. The first-order valence-electron chi connectivity index (χ1n) is 6.03. The normalized spacial score (nSPS) is 19.3. The lowest BCUT2D eigenvalue weighted by Crippen LogP contribution is -2.35. The van der Waals surface area contributed by atoms with Crippen LogP contribution in [0.4, 0.5) is 0 Å². The number of nitrogens with one attached hydrogen (secondary N) is 1. The second kappa shape index (κ2) is 5.72. The van der Waals surface area contributed by atoms with Crippen LogP contribution in [0.3, 0.4) is 0 Å². The lowest BCUT2D eigenvalue weighted by molar-refractivity contribution is 0.234. The molecule has 14 heavy (non-hydrogen) atoms. The van der Waals surface area contributed by atoms with E-state index in [0.29, 0.717) is 6.04 Å². The second-order valence-electron chi connectivity index (χ2n) is 5.13. The Morgan fingerprint density at radius 1 is 1.29 bits per heavy atom. The summed E-state index contributed by atoms with van der Waals surface area (Å²) in [5.41, 5.74) is 0. The van der Waals surface area contributed by atoms with Crippen LogP contribution in [0.25, 0.3) is 0 Å². The van der Waals surface area contributed by atoms with Gasteiger partial charge >= 0.3 is 0 Å². The molecule has 84 valence electrons. The molecule has 0 spiro atoms. The fraction of sp³-hybridized carbons (Fsp3) is 1.00. The Balaban J connectivity index is 2.03. The van der Waals surface area contributed by atoms with Crippen LogP contribution in [0.1, 0.15) is 40.0 Å². The molecule has 1 rings (SSSR count). The molecular formula is C12H26N2. The van der Waals surface area contributed by atoms with Crippen LogP contribution >= 0.6 is 0 Å². The van der Waals surface area contributed by atoms with Crippen molar-refractivity contribution in [3.63, 3.8) is 0 Å². The minimum absolute atomic E-state index is 0.621. The second-order valence-corrected chi connectivity index (χ2v) is 5.13. The summed E-state index contributed by atoms with van der Waals surface area (Å²) in [4.78, 5) is 2.51. The summed E-state index contributed by atoms with van der Waals surface area (Å²) in [7, 11) is 2.26. The van der Waals surface area contributed by atoms with Gasteiger partial charge in [0, 0.05) is 18.6 Å². The molecule has 1 aliphatic carbocycles. The van der Waals surface area contributed by atoms with E-state index in [2.05, 4.69) is 38.0 Å². The van der Waals surface area contributed by atoms with Gasteiger partial charge in [0.25, 0.3) is 0 Å². The van der Waals surface area contributed by atoms with Gasteiger partial charge in [-0.2, -0.15) is 0 Å². The van der Waals surface area contributed by atoms with Gasteiger partial charge in [0.15, 0.2) is 0 Å². The monoisotopic (exact) mass is 198 g/mol. The molecule has 0 saturated heterocycles. The molecule has 0 aromatic rings. The Labute approximate surface area is 89.1 Å². The summed E-state index contributed by atoms with van der Waals surface area (Å²) in [6, 6.07) is 1.35. The van der Waals surface area contributed by atoms with Crippen molar-refractivity contribution in [3.8, 4) is 0 Å². The maximum Gasteiger partial charge on any atom is 0.00760 e. The molecule has 1 saturated carbocycles. The maximum absolute atomic E-state index is 3.47. The van der Waals surface area contributed by atoms with Crippen molar-refractivity contribution in [2.75, 3.05) is 20.1 Å². The third kappa shape index (κ3) is 4.97. The molecule has 0 aliphatic heterocycles. The molecule has 0 bridgehead atoms. The summed E-state index contributed by atoms with van der Waals surface area (Å²) in [5, 5.41) is 3.47. The van der Waals surface area contributed by atoms with Gasteiger partial charge < -0.3 is 10.2 Å². The minimum Gasteiger partial charge on any atom is -0.314 e. The number of nitrogens with zero attached hydrogens (tertiary/aromatic N) is 1. The zero-order valence-corrected chi connectivity index (χ0v) is 10.2. The first-order chi connectivity index (χ1) is 6.59. The quantitative estimate of drug-likeness (QED) is 0.674. The number of hydrogen-bond donors (Lipinski definition) is 1. The van der Waals surface area contributed by atoms with Crippen LogP contribution in [0, 0.1) is 5.92 Å². The van der Waals surface area contributed by atoms with E-state index in [4.69, 9.17) is 0 Å². The third-order valence-corrected chi connectivity index (χ3v) is 3.11. The summed E-state index contributed by atoms with van der Waals surface area (Å²) in [6.07, 6.45) is 4.18. The fourth-order valence-corrected chi connectivity index (χ4v) is 1.69. The largest absolute Gasteiger partial charge is 0.314 e. The standard InChI is InChI=1S/C12H26N2/c1-10(2)13-8-7-11(3)14(4)9-12-5-6-12/h10-13H,5-9H2,1-4H3. The van der Waals surface area contributed by atoms with E-state index in [1.807, 2.05) is 0 Å². The Kier molecular flexibility index (Phi) is 4.90. The molecule has 2 heteroatoms. The van der Waals surface area contributed by atoms with E-state index in [-0.39, 0.29) is 0 Å². The van der Waals surface area contributed by atoms with Crippen molar-refractivity contribution in [1.29, 1.82) is 0 Å². The molecule has 2 nitrogen and oxygen atoms in total. The van der Waals surface area contributed by atoms with Gasteiger partial charge in [-0.3, -0.25) is 0 Å². The smallest absolute Gasteiger partial charge is 0.00760 e. The fourth-order valence-electron chi connectivity index (χ4n) is 1.69. The summed E-state index contributed by atoms with van der Waals surface area (Å²) >= 11 is 0. The van der Waals surface area contributed by atoms with Gasteiger partial charge in [0.05, 0.1) is 0 Å². The van der Waals surface area contributed by atoms with E-state index in [0.717, 1.165) is 18.5 Å². The molecule has 1 N–H and O–H groups in total. The van der Waals surface area contributed by atoms with Gasteiger partial charge in [0.1, 0.15) is 0 Å². The molecule has 0 aromatic heterocycles. The van der Waals surface area contributed by atoms with Gasteiger partial charge in [-0.05, 0) is 45.7 Å². The third-order valence-electron chi connectivity index (χ3n) is 3.11. The molecule has 1 atom stereocenters. The first kappa shape index (κ1) is 12.0. The Hall–Kier alpha value is -0.0800. The van der Waals surface area contributed by atoms with Crippen LogP contribution < -0.4 is 5.32 Å². The highest BCUT2D eigenvalue weighted by Gasteiger charge is 2.24. The van der Waals surface area contributed by atoms with E-state index in [9.17, 15) is 0 Å². The first-order valence-corrected chi connectivity index (χ1v) is 6.03. The molecule has 0 radical (unpaired) electrons. The maximum atomic E-state index is 3.47. The molecule has 1 aliphatic rings. The molecule has 0 aromatic carbocycles. The van der Waals surface area contributed by atoms with Gasteiger partial charge in [-0.25, -0.2) is 0 Å². The van der Waals surface area contributed by atoms with Crippen LogP contribution in [-0.4, -0.2) is 37.1 Å². The molecule has 0 amide bonds. The van der Waals surface area contributed by atoms with Crippen molar-refractivity contribution in [3.05, 3.63) is 0 Å². The topological polar surface area (TPSA) is 15.3 Å². The molecular weight excluding hydrogens is 172 g/mol. The zero-order chi connectivity index (χ0) is 10.6. The van der Waals surface area contributed by atoms with Crippen molar-refractivity contribution in [2.24, 2.45) is 5.92 Å². The highest BCUT2D eigenvalue weighted by Crippen LogP contribution is 2.29.